The molecule has 2 amide bonds. The Bertz CT molecular complexity index is 857. The summed E-state index contributed by atoms with van der Waals surface area (Å²) in [7, 11) is 0. The molecule has 1 saturated heterocycles. The van der Waals surface area contributed by atoms with Gasteiger partial charge < -0.3 is 20.5 Å². The number of ether oxygens (including phenoxy) is 1. The van der Waals surface area contributed by atoms with Crippen LogP contribution in [0, 0.1) is 13.8 Å². The molecule has 142 valence electrons. The van der Waals surface area contributed by atoms with E-state index in [2.05, 4.69) is 10.6 Å². The number of phenols is 1. The van der Waals surface area contributed by atoms with E-state index in [1.54, 1.807) is 19.1 Å². The smallest absolute Gasteiger partial charge is 0.255 e. The molecular weight excluding hydrogens is 344 g/mol. The van der Waals surface area contributed by atoms with Gasteiger partial charge >= 0.3 is 0 Å². The Morgan fingerprint density at radius 3 is 2.78 bits per heavy atom. The Kier molecular flexibility index (Phi) is 5.76. The molecule has 1 unspecified atom stereocenters. The molecule has 0 radical (unpaired) electrons. The highest BCUT2D eigenvalue weighted by Crippen LogP contribution is 2.24. The minimum atomic E-state index is -0.388. The SMILES string of the molecule is Cc1ccc(C(=O)NCc2cccc(NC(=O)C3CCCO3)c2)c(O)c1C. The molecule has 1 heterocycles. The second kappa shape index (κ2) is 8.22. The summed E-state index contributed by atoms with van der Waals surface area (Å²) in [6, 6.07) is 10.7. The molecule has 27 heavy (non-hydrogen) atoms. The van der Waals surface area contributed by atoms with Crippen LogP contribution in [-0.4, -0.2) is 29.6 Å². The highest BCUT2D eigenvalue weighted by Gasteiger charge is 2.23. The summed E-state index contributed by atoms with van der Waals surface area (Å²) in [4.78, 5) is 24.5. The van der Waals surface area contributed by atoms with Gasteiger partial charge in [-0.15, -0.1) is 0 Å². The molecule has 1 fully saturated rings. The van der Waals surface area contributed by atoms with Crippen LogP contribution in [0.2, 0.25) is 0 Å². The summed E-state index contributed by atoms with van der Waals surface area (Å²) in [6.45, 7) is 4.57. The van der Waals surface area contributed by atoms with Crippen LogP contribution >= 0.6 is 0 Å². The molecule has 2 aromatic carbocycles. The summed E-state index contributed by atoms with van der Waals surface area (Å²) < 4.78 is 5.38. The quantitative estimate of drug-likeness (QED) is 0.757. The standard InChI is InChI=1S/C21H24N2O4/c1-13-8-9-17(19(24)14(13)2)20(25)22-12-15-5-3-6-16(11-15)23-21(26)18-7-4-10-27-18/h3,5-6,8-9,11,18,24H,4,7,10,12H2,1-2H3,(H,22,25)(H,23,26). The summed E-state index contributed by atoms with van der Waals surface area (Å²) in [5.74, 6) is -0.483. The van der Waals surface area contributed by atoms with Crippen LogP contribution in [-0.2, 0) is 16.1 Å². The van der Waals surface area contributed by atoms with Gasteiger partial charge in [-0.1, -0.05) is 18.2 Å². The highest BCUT2D eigenvalue weighted by molar-refractivity contribution is 5.97. The molecule has 1 aliphatic heterocycles. The normalized spacial score (nSPS) is 16.1. The Morgan fingerprint density at radius 1 is 1.22 bits per heavy atom. The van der Waals surface area contributed by atoms with Crippen LogP contribution in [0.15, 0.2) is 36.4 Å². The number of carbonyl (C=O) groups excluding carboxylic acids is 2. The summed E-state index contributed by atoms with van der Waals surface area (Å²) in [5.41, 5.74) is 3.38. The number of anilines is 1. The zero-order valence-electron chi connectivity index (χ0n) is 15.5. The lowest BCUT2D eigenvalue weighted by atomic mass is 10.0. The van der Waals surface area contributed by atoms with E-state index >= 15 is 0 Å². The van der Waals surface area contributed by atoms with Crippen molar-refractivity contribution in [2.24, 2.45) is 0 Å². The number of phenolic OH excluding ortho intramolecular Hbond substituents is 1. The molecule has 3 rings (SSSR count). The zero-order chi connectivity index (χ0) is 19.4. The Labute approximate surface area is 158 Å². The number of nitrogens with one attached hydrogen (secondary N) is 2. The summed E-state index contributed by atoms with van der Waals surface area (Å²) in [6.07, 6.45) is 1.25. The van der Waals surface area contributed by atoms with Crippen molar-refractivity contribution in [2.75, 3.05) is 11.9 Å². The molecule has 1 aliphatic rings. The molecular formula is C21H24N2O4. The van der Waals surface area contributed by atoms with Crippen molar-refractivity contribution in [1.29, 1.82) is 0 Å². The monoisotopic (exact) mass is 368 g/mol. The van der Waals surface area contributed by atoms with E-state index in [4.69, 9.17) is 4.74 Å². The van der Waals surface area contributed by atoms with E-state index in [0.29, 0.717) is 17.9 Å². The number of hydrogen-bond donors (Lipinski definition) is 3. The van der Waals surface area contributed by atoms with E-state index in [1.165, 1.54) is 0 Å². The topological polar surface area (TPSA) is 87.7 Å². The van der Waals surface area contributed by atoms with Gasteiger partial charge in [-0.05, 0) is 61.6 Å². The molecule has 6 heteroatoms. The third kappa shape index (κ3) is 4.46. The molecule has 1 atom stereocenters. The molecule has 0 saturated carbocycles. The van der Waals surface area contributed by atoms with Crippen LogP contribution in [0.3, 0.4) is 0 Å². The fourth-order valence-electron chi connectivity index (χ4n) is 3.03. The van der Waals surface area contributed by atoms with Gasteiger partial charge in [0.15, 0.2) is 0 Å². The number of aromatic hydroxyl groups is 1. The van der Waals surface area contributed by atoms with Gasteiger partial charge in [0.1, 0.15) is 11.9 Å². The summed E-state index contributed by atoms with van der Waals surface area (Å²) in [5, 5.41) is 15.8. The van der Waals surface area contributed by atoms with Crippen LogP contribution in [0.5, 0.6) is 5.75 Å². The van der Waals surface area contributed by atoms with Crippen LogP contribution < -0.4 is 10.6 Å². The van der Waals surface area contributed by atoms with E-state index in [0.717, 1.165) is 24.0 Å². The van der Waals surface area contributed by atoms with Gasteiger partial charge in [-0.25, -0.2) is 0 Å². The average Bonchev–Trinajstić information content (AvgIpc) is 3.20. The van der Waals surface area contributed by atoms with E-state index in [-0.39, 0.29) is 35.8 Å². The second-order valence-electron chi connectivity index (χ2n) is 6.78. The molecule has 0 aromatic heterocycles. The van der Waals surface area contributed by atoms with Crippen LogP contribution in [0.25, 0.3) is 0 Å². The van der Waals surface area contributed by atoms with Crippen molar-refractivity contribution >= 4 is 17.5 Å². The van der Waals surface area contributed by atoms with Crippen molar-refractivity contribution in [3.05, 3.63) is 58.7 Å². The Hall–Kier alpha value is -2.86. The highest BCUT2D eigenvalue weighted by atomic mass is 16.5. The van der Waals surface area contributed by atoms with Crippen LogP contribution in [0.1, 0.15) is 39.9 Å². The lowest BCUT2D eigenvalue weighted by Crippen LogP contribution is -2.27. The maximum atomic E-state index is 12.4. The minimum Gasteiger partial charge on any atom is -0.507 e. The zero-order valence-corrected chi connectivity index (χ0v) is 15.5. The third-order valence-corrected chi connectivity index (χ3v) is 4.82. The maximum Gasteiger partial charge on any atom is 0.255 e. The van der Waals surface area contributed by atoms with Crippen LogP contribution in [0.4, 0.5) is 5.69 Å². The molecule has 6 nitrogen and oxygen atoms in total. The largest absolute Gasteiger partial charge is 0.507 e. The van der Waals surface area contributed by atoms with E-state index < -0.39 is 0 Å². The lowest BCUT2D eigenvalue weighted by molar-refractivity contribution is -0.124. The first-order chi connectivity index (χ1) is 13.0. The maximum absolute atomic E-state index is 12.4. The molecule has 3 N–H and O–H groups in total. The number of aryl methyl sites for hydroxylation is 1. The number of carbonyl (C=O) groups is 2. The third-order valence-electron chi connectivity index (χ3n) is 4.82. The Morgan fingerprint density at radius 2 is 2.04 bits per heavy atom. The van der Waals surface area contributed by atoms with Crippen molar-refractivity contribution in [3.8, 4) is 5.75 Å². The predicted octanol–water partition coefficient (Wildman–Crippen LogP) is 3.06. The van der Waals surface area contributed by atoms with Gasteiger partial charge in [0.05, 0.1) is 5.56 Å². The fraction of sp³-hybridized carbons (Fsp3) is 0.333. The Balaban J connectivity index is 1.62. The second-order valence-corrected chi connectivity index (χ2v) is 6.78. The van der Waals surface area contributed by atoms with Crippen molar-refractivity contribution in [1.82, 2.24) is 5.32 Å². The number of rotatable bonds is 5. The first kappa shape index (κ1) is 18.9. The molecule has 0 spiro atoms. The van der Waals surface area contributed by atoms with E-state index in [1.807, 2.05) is 31.2 Å². The van der Waals surface area contributed by atoms with Gasteiger partial charge in [-0.2, -0.15) is 0 Å². The number of amides is 2. The van der Waals surface area contributed by atoms with Gasteiger partial charge in [0, 0.05) is 18.8 Å². The number of hydrogen-bond acceptors (Lipinski definition) is 4. The first-order valence-corrected chi connectivity index (χ1v) is 9.04. The summed E-state index contributed by atoms with van der Waals surface area (Å²) >= 11 is 0. The molecule has 0 aliphatic carbocycles. The van der Waals surface area contributed by atoms with Gasteiger partial charge in [-0.3, -0.25) is 9.59 Å². The minimum absolute atomic E-state index is 0.00470. The van der Waals surface area contributed by atoms with E-state index in [9.17, 15) is 14.7 Å². The molecule has 0 bridgehead atoms. The van der Waals surface area contributed by atoms with Gasteiger partial charge in [0.2, 0.25) is 0 Å². The average molecular weight is 368 g/mol. The van der Waals surface area contributed by atoms with Crippen molar-refractivity contribution in [3.63, 3.8) is 0 Å². The fourth-order valence-corrected chi connectivity index (χ4v) is 3.03. The lowest BCUT2D eigenvalue weighted by Gasteiger charge is -2.12. The van der Waals surface area contributed by atoms with Crippen molar-refractivity contribution < 1.29 is 19.4 Å². The number of benzene rings is 2. The predicted molar refractivity (Wildman–Crippen MR) is 103 cm³/mol. The van der Waals surface area contributed by atoms with Crippen molar-refractivity contribution in [2.45, 2.75) is 39.3 Å². The first-order valence-electron chi connectivity index (χ1n) is 9.04. The van der Waals surface area contributed by atoms with Gasteiger partial charge in [0.25, 0.3) is 11.8 Å². The molecule has 2 aromatic rings.